The Labute approximate surface area is 99.1 Å². The molecule has 0 aliphatic rings. The Morgan fingerprint density at radius 3 is 2.19 bits per heavy atom. The molecule has 0 spiro atoms. The van der Waals surface area contributed by atoms with E-state index in [4.69, 9.17) is 5.11 Å². The molecule has 0 aromatic rings. The van der Waals surface area contributed by atoms with Gasteiger partial charge >= 0.3 is 5.97 Å². The van der Waals surface area contributed by atoms with Gasteiger partial charge in [-0.2, -0.15) is 0 Å². The van der Waals surface area contributed by atoms with Gasteiger partial charge in [0.2, 0.25) is 0 Å². The van der Waals surface area contributed by atoms with E-state index in [1.807, 2.05) is 12.2 Å². The summed E-state index contributed by atoms with van der Waals surface area (Å²) in [4.78, 5) is 10.2. The number of allylic oxidation sites excluding steroid dienone is 4. The molecular formula is C14H24O2. The van der Waals surface area contributed by atoms with Crippen LogP contribution in [0.1, 0.15) is 58.3 Å². The minimum Gasteiger partial charge on any atom is -0.481 e. The second-order valence-corrected chi connectivity index (χ2v) is 3.99. The van der Waals surface area contributed by atoms with Crippen molar-refractivity contribution in [2.45, 2.75) is 58.3 Å². The van der Waals surface area contributed by atoms with Crippen molar-refractivity contribution in [3.05, 3.63) is 24.3 Å². The lowest BCUT2D eigenvalue weighted by Gasteiger charge is -1.93. The van der Waals surface area contributed by atoms with E-state index in [2.05, 4.69) is 19.1 Å². The van der Waals surface area contributed by atoms with Crippen molar-refractivity contribution in [3.8, 4) is 0 Å². The summed E-state index contributed by atoms with van der Waals surface area (Å²) in [5, 5.41) is 8.42. The third-order valence-corrected chi connectivity index (χ3v) is 2.37. The lowest BCUT2D eigenvalue weighted by molar-refractivity contribution is -0.137. The second-order valence-electron chi connectivity index (χ2n) is 3.99. The summed E-state index contributed by atoms with van der Waals surface area (Å²) in [6.45, 7) is 2.22. The molecule has 0 aliphatic heterocycles. The fraction of sp³-hybridized carbons (Fsp3) is 0.643. The average molecular weight is 224 g/mol. The van der Waals surface area contributed by atoms with Gasteiger partial charge in [0.15, 0.2) is 0 Å². The molecule has 0 aromatic heterocycles. The average Bonchev–Trinajstić information content (AvgIpc) is 2.25. The zero-order valence-corrected chi connectivity index (χ0v) is 10.3. The molecule has 0 bridgehead atoms. The number of aliphatic carboxylic acids is 1. The van der Waals surface area contributed by atoms with Crippen LogP contribution in [-0.4, -0.2) is 11.1 Å². The summed E-state index contributed by atoms with van der Waals surface area (Å²) < 4.78 is 0. The highest BCUT2D eigenvalue weighted by molar-refractivity contribution is 5.66. The molecule has 0 heterocycles. The van der Waals surface area contributed by atoms with E-state index in [9.17, 15) is 4.79 Å². The first-order valence-electron chi connectivity index (χ1n) is 6.30. The Balaban J connectivity index is 3.24. The van der Waals surface area contributed by atoms with Crippen LogP contribution in [0, 0.1) is 0 Å². The standard InChI is InChI=1S/C14H24O2/c1-2-3-4-5-6-7-8-9-10-11-12-13-14(15)16/h7-10H,2-6,11-13H2,1H3,(H,15,16)/b8-7+,10-9-. The van der Waals surface area contributed by atoms with Crippen LogP contribution in [0.5, 0.6) is 0 Å². The fourth-order valence-electron chi connectivity index (χ4n) is 1.41. The van der Waals surface area contributed by atoms with Crippen LogP contribution in [0.4, 0.5) is 0 Å². The fourth-order valence-corrected chi connectivity index (χ4v) is 1.41. The zero-order valence-electron chi connectivity index (χ0n) is 10.3. The molecule has 0 amide bonds. The van der Waals surface area contributed by atoms with Gasteiger partial charge in [0.1, 0.15) is 0 Å². The van der Waals surface area contributed by atoms with Gasteiger partial charge in [-0.3, -0.25) is 4.79 Å². The zero-order chi connectivity index (χ0) is 12.1. The van der Waals surface area contributed by atoms with Crippen molar-refractivity contribution >= 4 is 5.97 Å². The molecule has 0 unspecified atom stereocenters. The summed E-state index contributed by atoms with van der Waals surface area (Å²) >= 11 is 0. The molecule has 0 saturated heterocycles. The number of hydrogen-bond acceptors (Lipinski definition) is 1. The van der Waals surface area contributed by atoms with Crippen molar-refractivity contribution < 1.29 is 9.90 Å². The molecular weight excluding hydrogens is 200 g/mol. The Hall–Kier alpha value is -1.05. The number of hydrogen-bond donors (Lipinski definition) is 1. The Morgan fingerprint density at radius 2 is 1.62 bits per heavy atom. The maximum atomic E-state index is 10.2. The van der Waals surface area contributed by atoms with E-state index in [1.54, 1.807) is 0 Å². The topological polar surface area (TPSA) is 37.3 Å². The van der Waals surface area contributed by atoms with Gasteiger partial charge in [0.05, 0.1) is 0 Å². The van der Waals surface area contributed by atoms with Crippen LogP contribution in [0.15, 0.2) is 24.3 Å². The molecule has 0 atom stereocenters. The third-order valence-electron chi connectivity index (χ3n) is 2.37. The smallest absolute Gasteiger partial charge is 0.303 e. The van der Waals surface area contributed by atoms with Gasteiger partial charge in [-0.05, 0) is 25.7 Å². The van der Waals surface area contributed by atoms with Gasteiger partial charge in [-0.15, -0.1) is 0 Å². The maximum Gasteiger partial charge on any atom is 0.303 e. The van der Waals surface area contributed by atoms with Crippen molar-refractivity contribution in [3.63, 3.8) is 0 Å². The summed E-state index contributed by atoms with van der Waals surface area (Å²) in [7, 11) is 0. The highest BCUT2D eigenvalue weighted by Gasteiger charge is 1.92. The van der Waals surface area contributed by atoms with Crippen molar-refractivity contribution in [1.29, 1.82) is 0 Å². The molecule has 0 radical (unpaired) electrons. The van der Waals surface area contributed by atoms with Crippen LogP contribution in [0.2, 0.25) is 0 Å². The number of carbonyl (C=O) groups is 1. The van der Waals surface area contributed by atoms with Crippen LogP contribution >= 0.6 is 0 Å². The lowest BCUT2D eigenvalue weighted by Crippen LogP contribution is -1.92. The molecule has 16 heavy (non-hydrogen) atoms. The molecule has 0 aromatic carbocycles. The predicted molar refractivity (Wildman–Crippen MR) is 68.5 cm³/mol. The molecule has 0 rings (SSSR count). The van der Waals surface area contributed by atoms with Crippen LogP contribution in [-0.2, 0) is 4.79 Å². The number of unbranched alkanes of at least 4 members (excludes halogenated alkanes) is 5. The van der Waals surface area contributed by atoms with E-state index >= 15 is 0 Å². The first-order valence-corrected chi connectivity index (χ1v) is 6.30. The predicted octanol–water partition coefficient (Wildman–Crippen LogP) is 4.32. The molecule has 0 aliphatic carbocycles. The second kappa shape index (κ2) is 12.0. The monoisotopic (exact) mass is 224 g/mol. The van der Waals surface area contributed by atoms with Crippen LogP contribution in [0.3, 0.4) is 0 Å². The first kappa shape index (κ1) is 14.9. The number of carboxylic acids is 1. The van der Waals surface area contributed by atoms with Gasteiger partial charge < -0.3 is 5.11 Å². The van der Waals surface area contributed by atoms with Gasteiger partial charge in [-0.25, -0.2) is 0 Å². The van der Waals surface area contributed by atoms with E-state index < -0.39 is 5.97 Å². The minimum absolute atomic E-state index is 0.269. The SMILES string of the molecule is CCCCCC/C=C/C=C\CCCC(=O)O. The minimum atomic E-state index is -0.708. The van der Waals surface area contributed by atoms with Crippen LogP contribution < -0.4 is 0 Å². The third kappa shape index (κ3) is 12.9. The molecule has 0 saturated carbocycles. The van der Waals surface area contributed by atoms with Gasteiger partial charge in [0, 0.05) is 6.42 Å². The number of carboxylic acid groups (broad SMARTS) is 1. The Bertz CT molecular complexity index is 217. The van der Waals surface area contributed by atoms with Crippen molar-refractivity contribution in [2.75, 3.05) is 0 Å². The molecule has 2 nitrogen and oxygen atoms in total. The van der Waals surface area contributed by atoms with Crippen molar-refractivity contribution in [1.82, 2.24) is 0 Å². The van der Waals surface area contributed by atoms with E-state index in [0.717, 1.165) is 19.3 Å². The molecule has 1 N–H and O–H groups in total. The van der Waals surface area contributed by atoms with Crippen LogP contribution in [0.25, 0.3) is 0 Å². The Morgan fingerprint density at radius 1 is 1.00 bits per heavy atom. The normalized spacial score (nSPS) is 11.6. The van der Waals surface area contributed by atoms with E-state index in [1.165, 1.54) is 25.7 Å². The van der Waals surface area contributed by atoms with E-state index in [-0.39, 0.29) is 6.42 Å². The highest BCUT2D eigenvalue weighted by Crippen LogP contribution is 2.03. The summed E-state index contributed by atoms with van der Waals surface area (Å²) in [6.07, 6.45) is 16.5. The Kier molecular flexibility index (Phi) is 11.2. The highest BCUT2D eigenvalue weighted by atomic mass is 16.4. The molecule has 0 fully saturated rings. The van der Waals surface area contributed by atoms with Crippen molar-refractivity contribution in [2.24, 2.45) is 0 Å². The molecule has 92 valence electrons. The van der Waals surface area contributed by atoms with Gasteiger partial charge in [-0.1, -0.05) is 50.5 Å². The first-order chi connectivity index (χ1) is 7.77. The maximum absolute atomic E-state index is 10.2. The largest absolute Gasteiger partial charge is 0.481 e. The van der Waals surface area contributed by atoms with Gasteiger partial charge in [0.25, 0.3) is 0 Å². The number of rotatable bonds is 10. The van der Waals surface area contributed by atoms with E-state index in [0.29, 0.717) is 0 Å². The quantitative estimate of drug-likeness (QED) is 0.443. The lowest BCUT2D eigenvalue weighted by atomic mass is 10.1. The summed E-state index contributed by atoms with van der Waals surface area (Å²) in [5.41, 5.74) is 0. The summed E-state index contributed by atoms with van der Waals surface area (Å²) in [6, 6.07) is 0. The summed E-state index contributed by atoms with van der Waals surface area (Å²) in [5.74, 6) is -0.708. The molecule has 2 heteroatoms.